The Morgan fingerprint density at radius 1 is 0.742 bits per heavy atom. The van der Waals surface area contributed by atoms with Gasteiger partial charge in [0.2, 0.25) is 10.0 Å². The summed E-state index contributed by atoms with van der Waals surface area (Å²) in [6.45, 7) is 4.16. The van der Waals surface area contributed by atoms with Crippen LogP contribution in [0.5, 0.6) is 0 Å². The number of carbonyl (C=O) groups is 1. The molecule has 0 bridgehead atoms. The van der Waals surface area contributed by atoms with Gasteiger partial charge in [0.15, 0.2) is 5.78 Å². The Bertz CT molecular complexity index is 700. The van der Waals surface area contributed by atoms with Crippen molar-refractivity contribution in [1.29, 1.82) is 0 Å². The fourth-order valence-corrected chi connectivity index (χ4v) is 4.96. The van der Waals surface area contributed by atoms with Crippen molar-refractivity contribution in [2.24, 2.45) is 0 Å². The number of carbonyl (C=O) groups excluding carboxylic acids is 1. The molecule has 1 aromatic carbocycles. The molecule has 0 fully saturated rings. The Kier molecular flexibility index (Phi) is 15.6. The summed E-state index contributed by atoms with van der Waals surface area (Å²) in [6, 6.07) is 6.22. The smallest absolute Gasteiger partial charge is 0.240 e. The molecule has 0 saturated carbocycles. The average molecular weight is 452 g/mol. The van der Waals surface area contributed by atoms with E-state index < -0.39 is 10.0 Å². The van der Waals surface area contributed by atoms with E-state index in [4.69, 9.17) is 0 Å². The van der Waals surface area contributed by atoms with Crippen LogP contribution in [0.4, 0.5) is 0 Å². The second-order valence-corrected chi connectivity index (χ2v) is 10.6. The first-order chi connectivity index (χ1) is 15.0. The van der Waals surface area contributed by atoms with Gasteiger partial charge in [-0.25, -0.2) is 13.1 Å². The Morgan fingerprint density at radius 3 is 1.65 bits per heavy atom. The molecular weight excluding hydrogens is 406 g/mol. The molecule has 0 saturated heterocycles. The zero-order valence-electron chi connectivity index (χ0n) is 20.0. The van der Waals surface area contributed by atoms with Crippen molar-refractivity contribution >= 4 is 15.8 Å². The van der Waals surface area contributed by atoms with Gasteiger partial charge in [-0.15, -0.1) is 0 Å². The van der Waals surface area contributed by atoms with Crippen molar-refractivity contribution in [3.8, 4) is 0 Å². The molecule has 0 spiro atoms. The van der Waals surface area contributed by atoms with Crippen LogP contribution in [0.15, 0.2) is 29.2 Å². The number of Topliss-reactive ketones (excluding diaryl/α,β-unsaturated/α-hetero) is 1. The predicted octanol–water partition coefficient (Wildman–Crippen LogP) is 7.43. The zero-order valence-corrected chi connectivity index (χ0v) is 20.8. The van der Waals surface area contributed by atoms with Crippen molar-refractivity contribution in [3.63, 3.8) is 0 Å². The van der Waals surface area contributed by atoms with Crippen LogP contribution in [0.25, 0.3) is 0 Å². The molecule has 4 nitrogen and oxygen atoms in total. The van der Waals surface area contributed by atoms with E-state index in [2.05, 4.69) is 11.6 Å². The fourth-order valence-electron chi connectivity index (χ4n) is 3.85. The van der Waals surface area contributed by atoms with Gasteiger partial charge >= 0.3 is 0 Å². The molecule has 0 aliphatic heterocycles. The molecule has 0 aliphatic carbocycles. The minimum Gasteiger partial charge on any atom is -0.295 e. The standard InChI is InChI=1S/C26H45NO3S/c1-3-4-5-6-7-8-9-10-11-12-13-14-15-16-17-18-22-27-31(29,30)26-21-19-20-25(23-26)24(2)28/h19-21,23,27H,3-18,22H2,1-2H3. The van der Waals surface area contributed by atoms with Crippen LogP contribution < -0.4 is 4.72 Å². The molecule has 1 aromatic rings. The Morgan fingerprint density at radius 2 is 1.19 bits per heavy atom. The molecule has 0 aromatic heterocycles. The lowest BCUT2D eigenvalue weighted by atomic mass is 10.0. The first kappa shape index (κ1) is 27.8. The molecule has 0 aliphatic rings. The van der Waals surface area contributed by atoms with Gasteiger partial charge in [-0.05, 0) is 25.5 Å². The lowest BCUT2D eigenvalue weighted by Crippen LogP contribution is -2.25. The van der Waals surface area contributed by atoms with Crippen LogP contribution in [-0.2, 0) is 10.0 Å². The molecule has 31 heavy (non-hydrogen) atoms. The number of ketones is 1. The van der Waals surface area contributed by atoms with E-state index in [0.29, 0.717) is 12.1 Å². The molecule has 0 unspecified atom stereocenters. The maximum atomic E-state index is 12.3. The topological polar surface area (TPSA) is 63.2 Å². The van der Waals surface area contributed by atoms with Crippen molar-refractivity contribution in [2.45, 2.75) is 121 Å². The average Bonchev–Trinajstić information content (AvgIpc) is 2.76. The number of hydrogen-bond donors (Lipinski definition) is 1. The van der Waals surface area contributed by atoms with E-state index in [-0.39, 0.29) is 10.7 Å². The summed E-state index contributed by atoms with van der Waals surface area (Å²) in [5.41, 5.74) is 0.422. The SMILES string of the molecule is CCCCCCCCCCCCCCCCCCNS(=O)(=O)c1cccc(C(C)=O)c1. The summed E-state index contributed by atoms with van der Waals surface area (Å²) in [6.07, 6.45) is 20.8. The first-order valence-electron chi connectivity index (χ1n) is 12.6. The summed E-state index contributed by atoms with van der Waals surface area (Å²) in [5.74, 6) is -0.130. The second kappa shape index (κ2) is 17.4. The molecule has 5 heteroatoms. The maximum Gasteiger partial charge on any atom is 0.240 e. The van der Waals surface area contributed by atoms with E-state index >= 15 is 0 Å². The molecule has 178 valence electrons. The number of unbranched alkanes of at least 4 members (excludes halogenated alkanes) is 15. The van der Waals surface area contributed by atoms with Crippen LogP contribution in [0.3, 0.4) is 0 Å². The molecule has 0 radical (unpaired) electrons. The maximum absolute atomic E-state index is 12.3. The van der Waals surface area contributed by atoms with Gasteiger partial charge in [0.25, 0.3) is 0 Å². The minimum absolute atomic E-state index is 0.130. The third-order valence-corrected chi connectivity index (χ3v) is 7.33. The van der Waals surface area contributed by atoms with Gasteiger partial charge < -0.3 is 0 Å². The van der Waals surface area contributed by atoms with Gasteiger partial charge in [-0.1, -0.05) is 115 Å². The Balaban J connectivity index is 1.95. The molecule has 0 amide bonds. The molecule has 1 N–H and O–H groups in total. The highest BCUT2D eigenvalue weighted by atomic mass is 32.2. The third-order valence-electron chi connectivity index (χ3n) is 5.87. The Labute approximate surface area is 191 Å². The normalized spacial score (nSPS) is 11.7. The number of rotatable bonds is 20. The van der Waals surface area contributed by atoms with Gasteiger partial charge in [0.05, 0.1) is 4.90 Å². The van der Waals surface area contributed by atoms with Crippen LogP contribution in [-0.4, -0.2) is 20.7 Å². The summed E-state index contributed by atoms with van der Waals surface area (Å²) in [7, 11) is -3.54. The fraction of sp³-hybridized carbons (Fsp3) is 0.731. The summed E-state index contributed by atoms with van der Waals surface area (Å²) in [5, 5.41) is 0. The second-order valence-electron chi connectivity index (χ2n) is 8.79. The van der Waals surface area contributed by atoms with E-state index in [1.165, 1.54) is 109 Å². The van der Waals surface area contributed by atoms with Crippen LogP contribution in [0.1, 0.15) is 127 Å². The summed E-state index contributed by atoms with van der Waals surface area (Å²) < 4.78 is 27.3. The Hall–Kier alpha value is -1.20. The van der Waals surface area contributed by atoms with E-state index in [0.717, 1.165) is 12.8 Å². The lowest BCUT2D eigenvalue weighted by molar-refractivity contribution is 0.101. The van der Waals surface area contributed by atoms with E-state index in [9.17, 15) is 13.2 Å². The minimum atomic E-state index is -3.54. The lowest BCUT2D eigenvalue weighted by Gasteiger charge is -2.08. The van der Waals surface area contributed by atoms with Gasteiger partial charge in [-0.2, -0.15) is 0 Å². The third kappa shape index (κ3) is 13.7. The van der Waals surface area contributed by atoms with Crippen molar-refractivity contribution in [1.82, 2.24) is 4.72 Å². The van der Waals surface area contributed by atoms with E-state index in [1.807, 2.05) is 0 Å². The van der Waals surface area contributed by atoms with Gasteiger partial charge in [-0.3, -0.25) is 4.79 Å². The number of hydrogen-bond acceptors (Lipinski definition) is 3. The number of benzene rings is 1. The monoisotopic (exact) mass is 451 g/mol. The highest BCUT2D eigenvalue weighted by molar-refractivity contribution is 7.89. The highest BCUT2D eigenvalue weighted by Crippen LogP contribution is 2.14. The van der Waals surface area contributed by atoms with Crippen molar-refractivity contribution < 1.29 is 13.2 Å². The van der Waals surface area contributed by atoms with Crippen LogP contribution in [0, 0.1) is 0 Å². The number of sulfonamides is 1. The molecule has 1 rings (SSSR count). The van der Waals surface area contributed by atoms with Crippen LogP contribution in [0.2, 0.25) is 0 Å². The summed E-state index contributed by atoms with van der Waals surface area (Å²) >= 11 is 0. The van der Waals surface area contributed by atoms with Crippen molar-refractivity contribution in [2.75, 3.05) is 6.54 Å². The van der Waals surface area contributed by atoms with Gasteiger partial charge in [0.1, 0.15) is 0 Å². The first-order valence-corrected chi connectivity index (χ1v) is 14.1. The quantitative estimate of drug-likeness (QED) is 0.166. The zero-order chi connectivity index (χ0) is 22.8. The molecule has 0 atom stereocenters. The largest absolute Gasteiger partial charge is 0.295 e. The summed E-state index contributed by atoms with van der Waals surface area (Å²) in [4.78, 5) is 11.6. The van der Waals surface area contributed by atoms with Crippen LogP contribution >= 0.6 is 0 Å². The number of nitrogens with one attached hydrogen (secondary N) is 1. The highest BCUT2D eigenvalue weighted by Gasteiger charge is 2.14. The van der Waals surface area contributed by atoms with Crippen molar-refractivity contribution in [3.05, 3.63) is 29.8 Å². The predicted molar refractivity (Wildman–Crippen MR) is 131 cm³/mol. The molecular formula is C26H45NO3S. The molecule has 0 heterocycles. The van der Waals surface area contributed by atoms with E-state index in [1.54, 1.807) is 12.1 Å². The van der Waals surface area contributed by atoms with Gasteiger partial charge in [0, 0.05) is 12.1 Å².